The molecule has 0 amide bonds. The molecule has 0 N–H and O–H groups in total. The smallest absolute Gasteiger partial charge is 0.0973 e. The van der Waals surface area contributed by atoms with E-state index >= 15 is 0 Å². The van der Waals surface area contributed by atoms with Gasteiger partial charge in [-0.1, -0.05) is 18.6 Å². The summed E-state index contributed by atoms with van der Waals surface area (Å²) in [5, 5.41) is 0. The molecule has 0 radical (unpaired) electrons. The lowest BCUT2D eigenvalue weighted by molar-refractivity contribution is -0.124. The van der Waals surface area contributed by atoms with Gasteiger partial charge in [-0.25, -0.2) is 0 Å². The molecule has 2 rings (SSSR count). The van der Waals surface area contributed by atoms with Gasteiger partial charge in [0, 0.05) is 20.1 Å². The number of ether oxygens (including phenoxy) is 3. The Kier molecular flexibility index (Phi) is 5.27. The van der Waals surface area contributed by atoms with Crippen LogP contribution in [-0.4, -0.2) is 38.6 Å². The summed E-state index contributed by atoms with van der Waals surface area (Å²) in [6.07, 6.45) is 7.20. The number of hydrogen-bond donors (Lipinski definition) is 0. The minimum absolute atomic E-state index is 0.0834. The van der Waals surface area contributed by atoms with E-state index in [0.717, 1.165) is 25.9 Å². The molecule has 1 aliphatic heterocycles. The zero-order chi connectivity index (χ0) is 14.8. The van der Waals surface area contributed by atoms with Crippen LogP contribution in [0.1, 0.15) is 46.5 Å². The summed E-state index contributed by atoms with van der Waals surface area (Å²) in [5.41, 5.74) is 1.48. The summed E-state index contributed by atoms with van der Waals surface area (Å²) >= 11 is 0. The molecule has 1 aliphatic carbocycles. The van der Waals surface area contributed by atoms with Crippen molar-refractivity contribution in [1.82, 2.24) is 0 Å². The zero-order valence-electron chi connectivity index (χ0n) is 13.6. The van der Waals surface area contributed by atoms with Crippen LogP contribution in [0.15, 0.2) is 11.6 Å². The first-order chi connectivity index (χ1) is 9.54. The van der Waals surface area contributed by atoms with Crippen LogP contribution in [0.5, 0.6) is 0 Å². The summed E-state index contributed by atoms with van der Waals surface area (Å²) in [7, 11) is 3.61. The Balaban J connectivity index is 2.05. The van der Waals surface area contributed by atoms with Gasteiger partial charge in [0.1, 0.15) is 0 Å². The number of hydrogen-bond acceptors (Lipinski definition) is 3. The van der Waals surface area contributed by atoms with Gasteiger partial charge in [-0.2, -0.15) is 0 Å². The molecule has 0 aromatic carbocycles. The maximum absolute atomic E-state index is 5.87. The van der Waals surface area contributed by atoms with Crippen LogP contribution in [0.4, 0.5) is 0 Å². The highest BCUT2D eigenvalue weighted by atomic mass is 16.6. The molecule has 1 saturated heterocycles. The van der Waals surface area contributed by atoms with Gasteiger partial charge in [0.25, 0.3) is 0 Å². The fourth-order valence-electron chi connectivity index (χ4n) is 3.88. The third-order valence-corrected chi connectivity index (χ3v) is 5.06. The Morgan fingerprint density at radius 3 is 2.55 bits per heavy atom. The van der Waals surface area contributed by atoms with Gasteiger partial charge in [-0.3, -0.25) is 0 Å². The maximum atomic E-state index is 5.87. The fraction of sp³-hybridized carbons (Fsp3) is 0.882. The van der Waals surface area contributed by atoms with Crippen molar-refractivity contribution in [3.05, 3.63) is 11.6 Å². The van der Waals surface area contributed by atoms with Gasteiger partial charge in [-0.05, 0) is 45.4 Å². The molecule has 2 unspecified atom stereocenters. The highest BCUT2D eigenvalue weighted by Crippen LogP contribution is 2.51. The molecule has 0 aromatic heterocycles. The second-order valence-electron chi connectivity index (χ2n) is 6.73. The van der Waals surface area contributed by atoms with E-state index in [1.54, 1.807) is 7.11 Å². The molecule has 2 aliphatic rings. The highest BCUT2D eigenvalue weighted by Gasteiger charge is 2.59. The summed E-state index contributed by atoms with van der Waals surface area (Å²) in [6, 6.07) is 0. The zero-order valence-corrected chi connectivity index (χ0v) is 13.6. The predicted molar refractivity (Wildman–Crippen MR) is 80.8 cm³/mol. The monoisotopic (exact) mass is 282 g/mol. The second-order valence-corrected chi connectivity index (χ2v) is 6.73. The predicted octanol–water partition coefficient (Wildman–Crippen LogP) is 3.58. The number of epoxide rings is 1. The summed E-state index contributed by atoms with van der Waals surface area (Å²) in [4.78, 5) is 0. The standard InChI is InChI=1S/C17H30O3/c1-12(2)7-6-8-13(3)15-16(19-5)14(18-4)9-10-17(15)11-20-17/h7,13-16H,6,8-11H2,1-5H3/t13-,14?,15+,16?,17+/m1/s1. The van der Waals surface area contributed by atoms with E-state index in [9.17, 15) is 0 Å². The lowest BCUT2D eigenvalue weighted by Crippen LogP contribution is -2.51. The van der Waals surface area contributed by atoms with Gasteiger partial charge < -0.3 is 14.2 Å². The normalized spacial score (nSPS) is 37.8. The first-order valence-corrected chi connectivity index (χ1v) is 7.87. The van der Waals surface area contributed by atoms with E-state index in [1.807, 2.05) is 7.11 Å². The maximum Gasteiger partial charge on any atom is 0.0973 e. The lowest BCUT2D eigenvalue weighted by Gasteiger charge is -2.43. The lowest BCUT2D eigenvalue weighted by atomic mass is 9.68. The van der Waals surface area contributed by atoms with Gasteiger partial charge in [-0.15, -0.1) is 0 Å². The first kappa shape index (κ1) is 16.0. The molecule has 0 aromatic rings. The summed E-state index contributed by atoms with van der Waals surface area (Å²) in [6.45, 7) is 7.57. The van der Waals surface area contributed by atoms with E-state index in [-0.39, 0.29) is 17.8 Å². The molecule has 20 heavy (non-hydrogen) atoms. The third-order valence-electron chi connectivity index (χ3n) is 5.06. The van der Waals surface area contributed by atoms with E-state index in [2.05, 4.69) is 26.8 Å². The van der Waals surface area contributed by atoms with Crippen LogP contribution >= 0.6 is 0 Å². The fourth-order valence-corrected chi connectivity index (χ4v) is 3.88. The third kappa shape index (κ3) is 3.26. The number of rotatable bonds is 6. The largest absolute Gasteiger partial charge is 0.379 e. The van der Waals surface area contributed by atoms with Gasteiger partial charge in [0.2, 0.25) is 0 Å². The van der Waals surface area contributed by atoms with Crippen molar-refractivity contribution >= 4 is 0 Å². The summed E-state index contributed by atoms with van der Waals surface area (Å²) < 4.78 is 17.3. The highest BCUT2D eigenvalue weighted by molar-refractivity contribution is 5.08. The summed E-state index contributed by atoms with van der Waals surface area (Å²) in [5.74, 6) is 1.05. The molecular weight excluding hydrogens is 252 g/mol. The van der Waals surface area contributed by atoms with Gasteiger partial charge in [0.15, 0.2) is 0 Å². The minimum atomic E-state index is 0.0834. The molecule has 5 atom stereocenters. The van der Waals surface area contributed by atoms with Crippen LogP contribution in [0.3, 0.4) is 0 Å². The Morgan fingerprint density at radius 1 is 1.35 bits per heavy atom. The number of allylic oxidation sites excluding steroid dienone is 2. The Morgan fingerprint density at radius 2 is 2.05 bits per heavy atom. The van der Waals surface area contributed by atoms with E-state index in [1.165, 1.54) is 12.0 Å². The molecule has 3 heteroatoms. The van der Waals surface area contributed by atoms with E-state index < -0.39 is 0 Å². The Bertz CT molecular complexity index is 342. The van der Waals surface area contributed by atoms with Crippen molar-refractivity contribution < 1.29 is 14.2 Å². The van der Waals surface area contributed by atoms with Gasteiger partial charge in [0.05, 0.1) is 24.4 Å². The molecule has 3 nitrogen and oxygen atoms in total. The Labute approximate surface area is 123 Å². The topological polar surface area (TPSA) is 31.0 Å². The van der Waals surface area contributed by atoms with Crippen molar-refractivity contribution in [2.75, 3.05) is 20.8 Å². The van der Waals surface area contributed by atoms with Crippen molar-refractivity contribution in [2.24, 2.45) is 11.8 Å². The van der Waals surface area contributed by atoms with Crippen molar-refractivity contribution in [3.63, 3.8) is 0 Å². The molecular formula is C17H30O3. The molecule has 1 saturated carbocycles. The molecule has 2 fully saturated rings. The van der Waals surface area contributed by atoms with Crippen LogP contribution in [0.25, 0.3) is 0 Å². The average molecular weight is 282 g/mol. The molecule has 0 bridgehead atoms. The van der Waals surface area contributed by atoms with Crippen molar-refractivity contribution in [3.8, 4) is 0 Å². The number of methoxy groups -OCH3 is 2. The SMILES string of the molecule is COC1CC[C@]2(CO2)[C@@H]([C@H](C)CCC=C(C)C)C1OC. The minimum Gasteiger partial charge on any atom is -0.379 e. The van der Waals surface area contributed by atoms with Crippen LogP contribution in [0.2, 0.25) is 0 Å². The van der Waals surface area contributed by atoms with Crippen molar-refractivity contribution in [2.45, 2.75) is 64.3 Å². The average Bonchev–Trinajstić information content (AvgIpc) is 3.17. The van der Waals surface area contributed by atoms with Gasteiger partial charge >= 0.3 is 0 Å². The molecule has 1 heterocycles. The molecule has 116 valence electrons. The van der Waals surface area contributed by atoms with Crippen LogP contribution in [0, 0.1) is 11.8 Å². The van der Waals surface area contributed by atoms with Crippen LogP contribution < -0.4 is 0 Å². The quantitative estimate of drug-likeness (QED) is 0.551. The Hall–Kier alpha value is -0.380. The van der Waals surface area contributed by atoms with E-state index in [0.29, 0.717) is 11.8 Å². The van der Waals surface area contributed by atoms with Crippen molar-refractivity contribution in [1.29, 1.82) is 0 Å². The van der Waals surface area contributed by atoms with Crippen LogP contribution in [-0.2, 0) is 14.2 Å². The first-order valence-electron chi connectivity index (χ1n) is 7.87. The second kappa shape index (κ2) is 6.59. The molecule has 1 spiro atoms. The van der Waals surface area contributed by atoms with E-state index in [4.69, 9.17) is 14.2 Å².